The second-order valence-electron chi connectivity index (χ2n) is 7.00. The Kier molecular flexibility index (Phi) is 7.09. The summed E-state index contributed by atoms with van der Waals surface area (Å²) < 4.78 is 6.68. The zero-order valence-electron chi connectivity index (χ0n) is 17.0. The molecular weight excluding hydrogens is 388 g/mol. The zero-order chi connectivity index (χ0) is 20.8. The van der Waals surface area contributed by atoms with Crippen molar-refractivity contribution < 1.29 is 9.32 Å². The molecule has 7 nitrogen and oxygen atoms in total. The van der Waals surface area contributed by atoms with Gasteiger partial charge in [0.2, 0.25) is 5.91 Å². The van der Waals surface area contributed by atoms with E-state index >= 15 is 0 Å². The summed E-state index contributed by atoms with van der Waals surface area (Å²) in [5.74, 6) is 0.782. The minimum absolute atomic E-state index is 0.0608. The number of unbranched alkanes of at least 4 members (excludes halogenated alkanes) is 3. The first-order chi connectivity index (χ1) is 14.0. The lowest BCUT2D eigenvalue weighted by Gasteiger charge is -2.16. The van der Waals surface area contributed by atoms with Crippen molar-refractivity contribution in [2.45, 2.75) is 63.4 Å². The minimum atomic E-state index is -0.457. The molecule has 3 aromatic rings. The number of para-hydroxylation sites is 1. The summed E-state index contributed by atoms with van der Waals surface area (Å²) in [5, 5.41) is 7.23. The largest absolute Gasteiger partial charge is 0.360 e. The quantitative estimate of drug-likeness (QED) is 0.317. The highest BCUT2D eigenvalue weighted by molar-refractivity contribution is 8.00. The number of aryl methyl sites for hydroxylation is 1. The Balaban J connectivity index is 1.83. The third kappa shape index (κ3) is 5.26. The lowest BCUT2D eigenvalue weighted by Crippen LogP contribution is -2.27. The monoisotopic (exact) mass is 414 g/mol. The summed E-state index contributed by atoms with van der Waals surface area (Å²) in [4.78, 5) is 30.3. The van der Waals surface area contributed by atoms with Gasteiger partial charge in [-0.3, -0.25) is 14.2 Å². The molecule has 0 saturated heterocycles. The van der Waals surface area contributed by atoms with Crippen LogP contribution >= 0.6 is 11.8 Å². The second-order valence-corrected chi connectivity index (χ2v) is 8.31. The van der Waals surface area contributed by atoms with Gasteiger partial charge >= 0.3 is 0 Å². The molecular formula is C21H26N4O3S. The number of thioether (sulfide) groups is 1. The zero-order valence-corrected chi connectivity index (χ0v) is 17.8. The van der Waals surface area contributed by atoms with Crippen LogP contribution in [0.4, 0.5) is 5.82 Å². The Bertz CT molecular complexity index is 1040. The number of benzene rings is 1. The smallest absolute Gasteiger partial charge is 0.262 e. The average Bonchev–Trinajstić information content (AvgIpc) is 3.11. The van der Waals surface area contributed by atoms with Crippen molar-refractivity contribution in [3.63, 3.8) is 0 Å². The number of aromatic nitrogens is 3. The van der Waals surface area contributed by atoms with Gasteiger partial charge in [-0.25, -0.2) is 4.98 Å². The number of amides is 1. The Labute approximate surface area is 173 Å². The number of hydrogen-bond donors (Lipinski definition) is 1. The topological polar surface area (TPSA) is 90.0 Å². The van der Waals surface area contributed by atoms with Crippen LogP contribution in [0.3, 0.4) is 0 Å². The normalized spacial score (nSPS) is 12.2. The van der Waals surface area contributed by atoms with Gasteiger partial charge in [0.15, 0.2) is 11.0 Å². The van der Waals surface area contributed by atoms with E-state index in [9.17, 15) is 9.59 Å². The predicted molar refractivity (Wildman–Crippen MR) is 115 cm³/mol. The van der Waals surface area contributed by atoms with Gasteiger partial charge in [-0.1, -0.05) is 55.2 Å². The molecule has 3 rings (SSSR count). The molecule has 154 valence electrons. The molecule has 2 aromatic heterocycles. The maximum atomic E-state index is 13.0. The first kappa shape index (κ1) is 21.1. The van der Waals surface area contributed by atoms with Crippen LogP contribution in [0.2, 0.25) is 0 Å². The highest BCUT2D eigenvalue weighted by Gasteiger charge is 2.20. The van der Waals surface area contributed by atoms with Crippen LogP contribution in [0.15, 0.2) is 44.8 Å². The molecule has 0 aliphatic heterocycles. The number of nitrogens with zero attached hydrogens (tertiary/aromatic N) is 3. The van der Waals surface area contributed by atoms with E-state index in [0.717, 1.165) is 25.7 Å². The fourth-order valence-corrected chi connectivity index (χ4v) is 3.93. The third-order valence-corrected chi connectivity index (χ3v) is 5.68. The van der Waals surface area contributed by atoms with Gasteiger partial charge in [0.25, 0.3) is 5.56 Å². The van der Waals surface area contributed by atoms with Crippen LogP contribution in [-0.2, 0) is 11.3 Å². The Hall–Kier alpha value is -2.61. The lowest BCUT2D eigenvalue weighted by molar-refractivity contribution is -0.115. The highest BCUT2D eigenvalue weighted by atomic mass is 32.2. The first-order valence-corrected chi connectivity index (χ1v) is 10.8. The molecule has 8 heteroatoms. The summed E-state index contributed by atoms with van der Waals surface area (Å²) in [5.41, 5.74) is 0.582. The molecule has 2 heterocycles. The molecule has 0 saturated carbocycles. The Morgan fingerprint density at radius 1 is 1.28 bits per heavy atom. The van der Waals surface area contributed by atoms with Gasteiger partial charge in [-0.2, -0.15) is 0 Å². The second kappa shape index (κ2) is 9.73. The number of carbonyl (C=O) groups excluding carboxylic acids is 1. The summed E-state index contributed by atoms with van der Waals surface area (Å²) >= 11 is 1.28. The van der Waals surface area contributed by atoms with Gasteiger partial charge in [0.05, 0.1) is 16.2 Å². The van der Waals surface area contributed by atoms with Crippen molar-refractivity contribution in [1.82, 2.24) is 14.7 Å². The average molecular weight is 415 g/mol. The van der Waals surface area contributed by atoms with Crippen LogP contribution in [0.25, 0.3) is 10.9 Å². The van der Waals surface area contributed by atoms with Crippen molar-refractivity contribution in [1.29, 1.82) is 0 Å². The first-order valence-electron chi connectivity index (χ1n) is 9.90. The molecule has 1 unspecified atom stereocenters. The number of hydrogen-bond acceptors (Lipinski definition) is 6. The Morgan fingerprint density at radius 3 is 2.79 bits per heavy atom. The number of rotatable bonds is 9. The number of fused-ring (bicyclic) bond motifs is 1. The van der Waals surface area contributed by atoms with Crippen molar-refractivity contribution in [3.05, 3.63) is 46.4 Å². The van der Waals surface area contributed by atoms with E-state index in [4.69, 9.17) is 4.52 Å². The molecule has 0 radical (unpaired) electrons. The van der Waals surface area contributed by atoms with E-state index in [-0.39, 0.29) is 11.5 Å². The number of carbonyl (C=O) groups is 1. The molecule has 0 aliphatic carbocycles. The molecule has 0 spiro atoms. The Morgan fingerprint density at radius 2 is 2.07 bits per heavy atom. The molecule has 1 atom stereocenters. The van der Waals surface area contributed by atoms with Gasteiger partial charge < -0.3 is 9.84 Å². The van der Waals surface area contributed by atoms with E-state index in [1.165, 1.54) is 11.8 Å². The van der Waals surface area contributed by atoms with Crippen LogP contribution in [0.1, 0.15) is 45.3 Å². The van der Waals surface area contributed by atoms with Crippen LogP contribution in [-0.4, -0.2) is 25.9 Å². The van der Waals surface area contributed by atoms with Crippen molar-refractivity contribution >= 4 is 34.4 Å². The van der Waals surface area contributed by atoms with E-state index in [2.05, 4.69) is 22.4 Å². The molecule has 1 aromatic carbocycles. The molecule has 0 fully saturated rings. The molecule has 1 N–H and O–H groups in total. The number of nitrogens with one attached hydrogen (secondary N) is 1. The third-order valence-electron chi connectivity index (χ3n) is 4.59. The molecule has 1 amide bonds. The highest BCUT2D eigenvalue weighted by Crippen LogP contribution is 2.24. The maximum absolute atomic E-state index is 13.0. The number of anilines is 1. The van der Waals surface area contributed by atoms with E-state index in [1.807, 2.05) is 18.2 Å². The standard InChI is InChI=1S/C21H26N4O3S/c1-4-5-6-9-12-25-20(27)16-10-7-8-11-17(16)22-21(25)29-15(3)19(26)23-18-13-14(2)28-24-18/h7-8,10-11,13,15H,4-6,9,12H2,1-3H3,(H,23,24,26). The van der Waals surface area contributed by atoms with Gasteiger partial charge in [-0.05, 0) is 32.4 Å². The van der Waals surface area contributed by atoms with Gasteiger partial charge in [0.1, 0.15) is 5.76 Å². The van der Waals surface area contributed by atoms with E-state index in [1.54, 1.807) is 30.5 Å². The lowest BCUT2D eigenvalue weighted by atomic mass is 10.2. The van der Waals surface area contributed by atoms with Crippen molar-refractivity contribution in [2.24, 2.45) is 0 Å². The maximum Gasteiger partial charge on any atom is 0.262 e. The van der Waals surface area contributed by atoms with E-state index in [0.29, 0.717) is 34.2 Å². The predicted octanol–water partition coefficient (Wildman–Crippen LogP) is 4.39. The molecule has 29 heavy (non-hydrogen) atoms. The van der Waals surface area contributed by atoms with Gasteiger partial charge in [-0.15, -0.1) is 0 Å². The molecule has 0 bridgehead atoms. The van der Waals surface area contributed by atoms with Crippen molar-refractivity contribution in [3.8, 4) is 0 Å². The summed E-state index contributed by atoms with van der Waals surface area (Å²) in [6.45, 7) is 6.30. The fourth-order valence-electron chi connectivity index (χ4n) is 3.00. The van der Waals surface area contributed by atoms with Crippen LogP contribution in [0, 0.1) is 6.92 Å². The summed E-state index contributed by atoms with van der Waals surface area (Å²) in [6.07, 6.45) is 4.22. The van der Waals surface area contributed by atoms with Crippen LogP contribution < -0.4 is 10.9 Å². The van der Waals surface area contributed by atoms with Crippen LogP contribution in [0.5, 0.6) is 0 Å². The summed E-state index contributed by atoms with van der Waals surface area (Å²) in [7, 11) is 0. The van der Waals surface area contributed by atoms with Crippen molar-refractivity contribution in [2.75, 3.05) is 5.32 Å². The van der Waals surface area contributed by atoms with Gasteiger partial charge in [0, 0.05) is 12.6 Å². The summed E-state index contributed by atoms with van der Waals surface area (Å²) in [6, 6.07) is 8.98. The fraction of sp³-hybridized carbons (Fsp3) is 0.429. The SMILES string of the molecule is CCCCCCn1c(SC(C)C(=O)Nc2cc(C)on2)nc2ccccc2c1=O. The molecule has 0 aliphatic rings. The minimum Gasteiger partial charge on any atom is -0.360 e. The van der Waals surface area contributed by atoms with E-state index < -0.39 is 5.25 Å².